The largest absolute Gasteiger partial charge is 0.478 e. The van der Waals surface area contributed by atoms with Gasteiger partial charge < -0.3 is 5.11 Å². The number of halogens is 3. The van der Waals surface area contributed by atoms with E-state index in [0.717, 1.165) is 17.5 Å². The molecule has 0 aliphatic rings. The average molecular weight is 398 g/mol. The van der Waals surface area contributed by atoms with E-state index in [9.17, 15) is 22.0 Å². The van der Waals surface area contributed by atoms with E-state index in [4.69, 9.17) is 5.11 Å². The first-order valence-electron chi connectivity index (χ1n) is 5.20. The smallest absolute Gasteiger partial charge is 0.336 e. The van der Waals surface area contributed by atoms with Crippen molar-refractivity contribution in [3.8, 4) is 0 Å². The Morgan fingerprint density at radius 1 is 1.29 bits per heavy atom. The summed E-state index contributed by atoms with van der Waals surface area (Å²) in [5, 5.41) is 9.90. The highest BCUT2D eigenvalue weighted by atomic mass is 79.9. The molecule has 10 heteroatoms. The quantitative estimate of drug-likeness (QED) is 0.828. The molecular weight excluding hydrogens is 392 g/mol. The Kier molecular flexibility index (Phi) is 4.30. The van der Waals surface area contributed by atoms with Crippen LogP contribution in [-0.2, 0) is 10.0 Å². The zero-order valence-electron chi connectivity index (χ0n) is 9.93. The topological polar surface area (TPSA) is 83.5 Å². The third-order valence-corrected chi connectivity index (χ3v) is 5.75. The molecule has 1 aromatic heterocycles. The van der Waals surface area contributed by atoms with E-state index < -0.39 is 33.3 Å². The Bertz CT molecular complexity index is 796. The lowest BCUT2D eigenvalue weighted by molar-refractivity contribution is 0.0697. The van der Waals surface area contributed by atoms with E-state index in [2.05, 4.69) is 15.9 Å². The maximum absolute atomic E-state index is 13.6. The molecule has 0 atom stereocenters. The van der Waals surface area contributed by atoms with Gasteiger partial charge in [-0.1, -0.05) is 0 Å². The highest BCUT2D eigenvalue weighted by Gasteiger charge is 2.22. The first-order chi connectivity index (χ1) is 9.70. The summed E-state index contributed by atoms with van der Waals surface area (Å²) in [7, 11) is -4.17. The zero-order chi connectivity index (χ0) is 15.8. The molecule has 0 amide bonds. The summed E-state index contributed by atoms with van der Waals surface area (Å²) in [6.07, 6.45) is 0. The standard InChI is InChI=1S/C11H6BrF2NO4S2/c12-7-2-6(13)3-8(14)10(7)15-21(18,19)9-1-5(4-20-9)11(16)17/h1-4,15H,(H,16,17). The fourth-order valence-corrected chi connectivity index (χ4v) is 4.27. The summed E-state index contributed by atoms with van der Waals surface area (Å²) in [6.45, 7) is 0. The fourth-order valence-electron chi connectivity index (χ4n) is 1.39. The number of carbonyl (C=O) groups is 1. The number of aromatic carboxylic acids is 1. The number of hydrogen-bond donors (Lipinski definition) is 2. The second-order valence-electron chi connectivity index (χ2n) is 3.81. The van der Waals surface area contributed by atoms with Gasteiger partial charge in [-0.3, -0.25) is 4.72 Å². The van der Waals surface area contributed by atoms with Crippen LogP contribution in [0.1, 0.15) is 10.4 Å². The minimum atomic E-state index is -4.17. The fraction of sp³-hybridized carbons (Fsp3) is 0. The lowest BCUT2D eigenvalue weighted by Crippen LogP contribution is -2.13. The van der Waals surface area contributed by atoms with Crippen molar-refractivity contribution in [2.45, 2.75) is 4.21 Å². The first kappa shape index (κ1) is 15.9. The number of nitrogens with one attached hydrogen (secondary N) is 1. The molecule has 2 N–H and O–H groups in total. The van der Waals surface area contributed by atoms with Crippen LogP contribution >= 0.6 is 27.3 Å². The van der Waals surface area contributed by atoms with Gasteiger partial charge >= 0.3 is 5.97 Å². The Hall–Kier alpha value is -1.52. The summed E-state index contributed by atoms with van der Waals surface area (Å²) in [5.74, 6) is -3.24. The van der Waals surface area contributed by atoms with Gasteiger partial charge in [0.2, 0.25) is 0 Å². The Balaban J connectivity index is 2.40. The van der Waals surface area contributed by atoms with Gasteiger partial charge in [0, 0.05) is 15.9 Å². The molecule has 2 rings (SSSR count). The van der Waals surface area contributed by atoms with E-state index >= 15 is 0 Å². The number of hydrogen-bond acceptors (Lipinski definition) is 4. The number of sulfonamides is 1. The van der Waals surface area contributed by atoms with Crippen molar-refractivity contribution in [1.29, 1.82) is 0 Å². The van der Waals surface area contributed by atoms with Crippen molar-refractivity contribution in [2.24, 2.45) is 0 Å². The summed E-state index contributed by atoms with van der Waals surface area (Å²) in [6, 6.07) is 2.38. The van der Waals surface area contributed by atoms with Gasteiger partial charge in [-0.15, -0.1) is 11.3 Å². The molecule has 1 heterocycles. The normalized spacial score (nSPS) is 11.4. The van der Waals surface area contributed by atoms with Crippen LogP contribution < -0.4 is 4.72 Å². The van der Waals surface area contributed by atoms with Gasteiger partial charge in [0.1, 0.15) is 10.0 Å². The molecule has 1 aromatic carbocycles. The molecule has 21 heavy (non-hydrogen) atoms. The van der Waals surface area contributed by atoms with Gasteiger partial charge in [-0.05, 0) is 28.1 Å². The second kappa shape index (κ2) is 5.70. The number of thiophene rings is 1. The minimum Gasteiger partial charge on any atom is -0.478 e. The van der Waals surface area contributed by atoms with Crippen molar-refractivity contribution in [1.82, 2.24) is 0 Å². The molecule has 0 bridgehead atoms. The molecule has 112 valence electrons. The van der Waals surface area contributed by atoms with Crippen molar-refractivity contribution < 1.29 is 27.1 Å². The Morgan fingerprint density at radius 3 is 2.48 bits per heavy atom. The molecular formula is C11H6BrF2NO4S2. The van der Waals surface area contributed by atoms with Crippen LogP contribution in [0.3, 0.4) is 0 Å². The molecule has 0 spiro atoms. The Morgan fingerprint density at radius 2 is 1.95 bits per heavy atom. The zero-order valence-corrected chi connectivity index (χ0v) is 13.2. The number of anilines is 1. The van der Waals surface area contributed by atoms with Gasteiger partial charge in [-0.25, -0.2) is 22.0 Å². The van der Waals surface area contributed by atoms with Crippen molar-refractivity contribution in [3.63, 3.8) is 0 Å². The lowest BCUT2D eigenvalue weighted by atomic mass is 10.3. The minimum absolute atomic E-state index is 0.112. The molecule has 0 fully saturated rings. The predicted molar refractivity (Wildman–Crippen MR) is 76.1 cm³/mol. The summed E-state index contributed by atoms with van der Waals surface area (Å²) < 4.78 is 52.2. The Labute approximate surface area is 130 Å². The van der Waals surface area contributed by atoms with Gasteiger partial charge in [0.05, 0.1) is 11.3 Å². The lowest BCUT2D eigenvalue weighted by Gasteiger charge is -2.09. The van der Waals surface area contributed by atoms with Gasteiger partial charge in [0.25, 0.3) is 10.0 Å². The third kappa shape index (κ3) is 3.39. The molecule has 0 saturated carbocycles. The SMILES string of the molecule is O=C(O)c1csc(S(=O)(=O)Nc2c(F)cc(F)cc2Br)c1. The van der Waals surface area contributed by atoms with Crippen LogP contribution in [0, 0.1) is 11.6 Å². The maximum atomic E-state index is 13.6. The van der Waals surface area contributed by atoms with Crippen LogP contribution in [0.4, 0.5) is 14.5 Å². The first-order valence-corrected chi connectivity index (χ1v) is 8.35. The summed E-state index contributed by atoms with van der Waals surface area (Å²) in [4.78, 5) is 10.7. The molecule has 0 unspecified atom stereocenters. The van der Waals surface area contributed by atoms with E-state index in [1.165, 1.54) is 0 Å². The van der Waals surface area contributed by atoms with Crippen LogP contribution in [0.15, 0.2) is 32.3 Å². The van der Waals surface area contributed by atoms with E-state index in [0.29, 0.717) is 17.4 Å². The molecule has 2 aromatic rings. The highest BCUT2D eigenvalue weighted by molar-refractivity contribution is 9.10. The average Bonchev–Trinajstić information content (AvgIpc) is 2.84. The van der Waals surface area contributed by atoms with Crippen LogP contribution in [0.2, 0.25) is 0 Å². The monoisotopic (exact) mass is 397 g/mol. The van der Waals surface area contributed by atoms with Crippen molar-refractivity contribution in [2.75, 3.05) is 4.72 Å². The van der Waals surface area contributed by atoms with E-state index in [-0.39, 0.29) is 14.2 Å². The second-order valence-corrected chi connectivity index (χ2v) is 7.48. The van der Waals surface area contributed by atoms with Crippen LogP contribution in [-0.4, -0.2) is 19.5 Å². The third-order valence-electron chi connectivity index (χ3n) is 2.33. The highest BCUT2D eigenvalue weighted by Crippen LogP contribution is 2.30. The van der Waals surface area contributed by atoms with Gasteiger partial charge in [-0.2, -0.15) is 0 Å². The van der Waals surface area contributed by atoms with Crippen molar-refractivity contribution >= 4 is 48.9 Å². The molecule has 0 aliphatic carbocycles. The number of benzene rings is 1. The van der Waals surface area contributed by atoms with Crippen LogP contribution in [0.25, 0.3) is 0 Å². The summed E-state index contributed by atoms with van der Waals surface area (Å²) >= 11 is 3.53. The van der Waals surface area contributed by atoms with Crippen molar-refractivity contribution in [3.05, 3.63) is 45.2 Å². The molecule has 0 radical (unpaired) electrons. The molecule has 0 saturated heterocycles. The molecule has 5 nitrogen and oxygen atoms in total. The maximum Gasteiger partial charge on any atom is 0.336 e. The van der Waals surface area contributed by atoms with E-state index in [1.807, 2.05) is 4.72 Å². The number of rotatable bonds is 4. The van der Waals surface area contributed by atoms with Crippen LogP contribution in [0.5, 0.6) is 0 Å². The van der Waals surface area contributed by atoms with E-state index in [1.54, 1.807) is 0 Å². The summed E-state index contributed by atoms with van der Waals surface area (Å²) in [5.41, 5.74) is -0.652. The number of carboxylic acid groups (broad SMARTS) is 1. The number of carboxylic acids is 1. The van der Waals surface area contributed by atoms with Gasteiger partial charge in [0.15, 0.2) is 5.82 Å². The predicted octanol–water partition coefficient (Wildman–Crippen LogP) is 3.29. The molecule has 0 aliphatic heterocycles.